The molecule has 5 rings (SSSR count). The Balaban J connectivity index is 1.24. The molecule has 7 nitrogen and oxygen atoms in total. The summed E-state index contributed by atoms with van der Waals surface area (Å²) in [6, 6.07) is 10.7. The van der Waals surface area contributed by atoms with Crippen LogP contribution in [-0.2, 0) is 10.0 Å². The number of benzene rings is 2. The van der Waals surface area contributed by atoms with Gasteiger partial charge in [-0.25, -0.2) is 13.4 Å². The molecule has 0 aliphatic carbocycles. The van der Waals surface area contributed by atoms with Crippen LogP contribution < -0.4 is 4.90 Å². The first-order chi connectivity index (χ1) is 16.7. The number of fused-ring (bicyclic) bond motifs is 1. The maximum Gasteiger partial charge on any atom is 0.253 e. The second-order valence-electron chi connectivity index (χ2n) is 9.84. The van der Waals surface area contributed by atoms with E-state index in [1.165, 1.54) is 15.8 Å². The molecule has 3 heterocycles. The van der Waals surface area contributed by atoms with Crippen LogP contribution >= 0.6 is 11.3 Å². The number of hydrogen-bond acceptors (Lipinski definition) is 6. The number of aryl methyl sites for hydroxylation is 2. The summed E-state index contributed by atoms with van der Waals surface area (Å²) in [7, 11) is -3.52. The lowest BCUT2D eigenvalue weighted by molar-refractivity contribution is 0.0746. The highest BCUT2D eigenvalue weighted by atomic mass is 32.2. The fourth-order valence-corrected chi connectivity index (χ4v) is 7.73. The molecule has 1 atom stereocenters. The topological polar surface area (TPSA) is 73.8 Å². The monoisotopic (exact) mass is 512 g/mol. The predicted octanol–water partition coefficient (Wildman–Crippen LogP) is 4.30. The molecule has 2 aliphatic heterocycles. The number of nitrogens with zero attached hydrogens (tertiary/aromatic N) is 4. The number of aromatic nitrogens is 1. The summed E-state index contributed by atoms with van der Waals surface area (Å²) in [5.41, 5.74) is 4.02. The number of carbonyl (C=O) groups excluding carboxylic acids is 1. The van der Waals surface area contributed by atoms with Crippen LogP contribution in [0.15, 0.2) is 41.3 Å². The van der Waals surface area contributed by atoms with E-state index in [1.54, 1.807) is 39.9 Å². The molecular formula is C26H32N4O3S2. The molecule has 0 radical (unpaired) electrons. The van der Waals surface area contributed by atoms with Gasteiger partial charge in [-0.3, -0.25) is 4.79 Å². The second kappa shape index (κ2) is 9.52. The molecule has 1 amide bonds. The molecule has 2 aliphatic rings. The Kier molecular flexibility index (Phi) is 6.59. The number of piperazine rings is 1. The Hall–Kier alpha value is -2.49. The van der Waals surface area contributed by atoms with E-state index >= 15 is 0 Å². The molecule has 1 unspecified atom stereocenters. The maximum absolute atomic E-state index is 13.1. The normalized spacial score (nSPS) is 19.9. The van der Waals surface area contributed by atoms with E-state index in [0.29, 0.717) is 37.7 Å². The minimum Gasteiger partial charge on any atom is -0.345 e. The summed E-state index contributed by atoms with van der Waals surface area (Å²) in [6.45, 7) is 10.1. The van der Waals surface area contributed by atoms with Crippen molar-refractivity contribution in [2.24, 2.45) is 5.92 Å². The van der Waals surface area contributed by atoms with Crippen molar-refractivity contribution >= 4 is 42.6 Å². The highest BCUT2D eigenvalue weighted by molar-refractivity contribution is 7.89. The number of amides is 1. The third-order valence-electron chi connectivity index (χ3n) is 7.01. The summed E-state index contributed by atoms with van der Waals surface area (Å²) in [5.74, 6) is 0.310. The Morgan fingerprint density at radius 1 is 1.03 bits per heavy atom. The van der Waals surface area contributed by atoms with Crippen LogP contribution in [0.3, 0.4) is 0 Å². The number of hydrogen-bond donors (Lipinski definition) is 0. The average Bonchev–Trinajstić information content (AvgIpc) is 3.28. The highest BCUT2D eigenvalue weighted by Crippen LogP contribution is 2.32. The zero-order valence-electron chi connectivity index (χ0n) is 20.5. The molecule has 0 saturated carbocycles. The van der Waals surface area contributed by atoms with Crippen molar-refractivity contribution in [1.29, 1.82) is 0 Å². The minimum atomic E-state index is -3.52. The first kappa shape index (κ1) is 24.2. The average molecular weight is 513 g/mol. The molecule has 9 heteroatoms. The van der Waals surface area contributed by atoms with Gasteiger partial charge in [0.05, 0.1) is 15.1 Å². The number of sulfonamides is 1. The van der Waals surface area contributed by atoms with Crippen molar-refractivity contribution in [3.8, 4) is 0 Å². The molecule has 0 spiro atoms. The van der Waals surface area contributed by atoms with Crippen molar-refractivity contribution in [3.05, 3.63) is 53.1 Å². The lowest BCUT2D eigenvalue weighted by Crippen LogP contribution is -2.48. The third kappa shape index (κ3) is 4.81. The van der Waals surface area contributed by atoms with Crippen LogP contribution in [0, 0.1) is 19.8 Å². The van der Waals surface area contributed by atoms with Gasteiger partial charge in [-0.05, 0) is 74.1 Å². The number of carbonyl (C=O) groups is 1. The van der Waals surface area contributed by atoms with Gasteiger partial charge in [0.1, 0.15) is 0 Å². The Morgan fingerprint density at radius 3 is 2.43 bits per heavy atom. The summed E-state index contributed by atoms with van der Waals surface area (Å²) in [4.78, 5) is 22.3. The molecule has 2 fully saturated rings. The standard InChI is InChI=1S/C26H32N4O3S2/c1-18-5-4-10-30(17-18)35(32,33)22-8-6-21(7-9-22)25(31)28-11-13-29(14-12-28)26-27-23-16-19(2)15-20(3)24(23)34-26/h6-9,15-16,18H,4-5,10-14,17H2,1-3H3. The highest BCUT2D eigenvalue weighted by Gasteiger charge is 2.29. The van der Waals surface area contributed by atoms with Gasteiger partial charge in [0.2, 0.25) is 10.0 Å². The van der Waals surface area contributed by atoms with Gasteiger partial charge >= 0.3 is 0 Å². The van der Waals surface area contributed by atoms with E-state index < -0.39 is 10.0 Å². The number of anilines is 1. The van der Waals surface area contributed by atoms with E-state index in [0.717, 1.165) is 36.6 Å². The number of piperidine rings is 1. The predicted molar refractivity (Wildman–Crippen MR) is 141 cm³/mol. The Bertz CT molecular complexity index is 1340. The summed E-state index contributed by atoms with van der Waals surface area (Å²) in [6.07, 6.45) is 1.95. The third-order valence-corrected chi connectivity index (χ3v) is 10.2. The summed E-state index contributed by atoms with van der Waals surface area (Å²) in [5, 5.41) is 1.00. The summed E-state index contributed by atoms with van der Waals surface area (Å²) < 4.78 is 28.8. The van der Waals surface area contributed by atoms with Crippen LogP contribution in [0.25, 0.3) is 10.2 Å². The molecule has 0 N–H and O–H groups in total. The van der Waals surface area contributed by atoms with Crippen LogP contribution in [0.4, 0.5) is 5.13 Å². The number of thiazole rings is 1. The van der Waals surface area contributed by atoms with Crippen molar-refractivity contribution < 1.29 is 13.2 Å². The maximum atomic E-state index is 13.1. The Morgan fingerprint density at radius 2 is 1.74 bits per heavy atom. The SMILES string of the molecule is Cc1cc(C)c2sc(N3CCN(C(=O)c4ccc(S(=O)(=O)N5CCCC(C)C5)cc4)CC3)nc2c1. The largest absolute Gasteiger partial charge is 0.345 e. The fraction of sp³-hybridized carbons (Fsp3) is 0.462. The van der Waals surface area contributed by atoms with Crippen LogP contribution in [0.1, 0.15) is 41.3 Å². The van der Waals surface area contributed by atoms with E-state index in [9.17, 15) is 13.2 Å². The van der Waals surface area contributed by atoms with Gasteiger partial charge in [-0.1, -0.05) is 24.3 Å². The molecule has 0 bridgehead atoms. The number of rotatable bonds is 4. The van der Waals surface area contributed by atoms with E-state index in [4.69, 9.17) is 4.98 Å². The molecule has 35 heavy (non-hydrogen) atoms. The fourth-order valence-electron chi connectivity index (χ4n) is 5.07. The van der Waals surface area contributed by atoms with Crippen molar-refractivity contribution in [2.75, 3.05) is 44.2 Å². The van der Waals surface area contributed by atoms with Gasteiger partial charge in [0, 0.05) is 44.8 Å². The molecular weight excluding hydrogens is 480 g/mol. The van der Waals surface area contributed by atoms with Crippen molar-refractivity contribution in [1.82, 2.24) is 14.2 Å². The van der Waals surface area contributed by atoms with Gasteiger partial charge < -0.3 is 9.80 Å². The van der Waals surface area contributed by atoms with E-state index in [2.05, 4.69) is 37.8 Å². The van der Waals surface area contributed by atoms with Crippen LogP contribution in [0.2, 0.25) is 0 Å². The lowest BCUT2D eigenvalue weighted by atomic mass is 10.0. The smallest absolute Gasteiger partial charge is 0.253 e. The molecule has 2 saturated heterocycles. The molecule has 3 aromatic rings. The van der Waals surface area contributed by atoms with Crippen LogP contribution in [0.5, 0.6) is 0 Å². The van der Waals surface area contributed by atoms with Crippen molar-refractivity contribution in [3.63, 3.8) is 0 Å². The lowest BCUT2D eigenvalue weighted by Gasteiger charge is -2.34. The zero-order valence-corrected chi connectivity index (χ0v) is 22.2. The van der Waals surface area contributed by atoms with Gasteiger partial charge in [0.15, 0.2) is 5.13 Å². The van der Waals surface area contributed by atoms with Gasteiger partial charge in [0.25, 0.3) is 5.91 Å². The van der Waals surface area contributed by atoms with E-state index in [-0.39, 0.29) is 10.8 Å². The first-order valence-electron chi connectivity index (χ1n) is 12.2. The molecule has 2 aromatic carbocycles. The first-order valence-corrected chi connectivity index (χ1v) is 14.5. The van der Waals surface area contributed by atoms with Crippen LogP contribution in [-0.4, -0.2) is 67.8 Å². The van der Waals surface area contributed by atoms with Crippen molar-refractivity contribution in [2.45, 2.75) is 38.5 Å². The minimum absolute atomic E-state index is 0.0593. The molecule has 1 aromatic heterocycles. The second-order valence-corrected chi connectivity index (χ2v) is 12.8. The van der Waals surface area contributed by atoms with Gasteiger partial charge in [-0.2, -0.15) is 4.31 Å². The van der Waals surface area contributed by atoms with E-state index in [1.807, 2.05) is 4.90 Å². The quantitative estimate of drug-likeness (QED) is 0.521. The van der Waals surface area contributed by atoms with Gasteiger partial charge in [-0.15, -0.1) is 0 Å². The zero-order chi connectivity index (χ0) is 24.7. The summed E-state index contributed by atoms with van der Waals surface area (Å²) >= 11 is 1.71. The molecule has 186 valence electrons. The Labute approximate surface area is 211 Å².